The van der Waals surface area contributed by atoms with E-state index in [1.165, 1.54) is 12.4 Å². The Morgan fingerprint density at radius 1 is 1.00 bits per heavy atom. The normalized spacial score (nSPS) is 2.00. The van der Waals surface area contributed by atoms with Crippen LogP contribution in [0.15, 0.2) is 0 Å². The van der Waals surface area contributed by atoms with Crippen molar-refractivity contribution in [2.45, 2.75) is 0 Å². The van der Waals surface area contributed by atoms with Gasteiger partial charge in [-0.05, 0) is 0 Å². The van der Waals surface area contributed by atoms with Gasteiger partial charge in [0.1, 0.15) is 0 Å². The summed E-state index contributed by atoms with van der Waals surface area (Å²) in [6.07, 6.45) is 2.50. The second-order valence-electron chi connectivity index (χ2n) is 0.258. The molecule has 0 aliphatic carbocycles. The Morgan fingerprint density at radius 3 is 1.00 bits per heavy atom. The summed E-state index contributed by atoms with van der Waals surface area (Å²) in [5.41, 5.74) is 8.31. The van der Waals surface area contributed by atoms with Crippen molar-refractivity contribution >= 4 is 27.3 Å². The third kappa shape index (κ3) is 272. The third-order valence-corrected chi connectivity index (χ3v) is 0. The van der Waals surface area contributed by atoms with Gasteiger partial charge >= 0.3 is 27.3 Å². The predicted molar refractivity (Wildman–Crippen MR) is 25.4 cm³/mol. The zero-order valence-electron chi connectivity index (χ0n) is 3.55. The Morgan fingerprint density at radius 2 is 1.00 bits per heavy atom. The molecule has 0 heterocycles. The number of nitrogens with zero attached hydrogens (tertiary/aromatic N) is 2. The summed E-state index contributed by atoms with van der Waals surface area (Å²) in [5.74, 6) is 0. The first-order valence-corrected chi connectivity index (χ1v) is 1.02. The summed E-state index contributed by atoms with van der Waals surface area (Å²) in [5, 5.41) is 14.2. The minimum Gasteiger partial charge on any atom is -0.337 e. The van der Waals surface area contributed by atoms with E-state index in [0.29, 0.717) is 0 Å². The fourth-order valence-electron chi connectivity index (χ4n) is 0. The van der Waals surface area contributed by atoms with Crippen molar-refractivity contribution < 1.29 is 0 Å². The molecule has 34 valence electrons. The third-order valence-electron chi connectivity index (χ3n) is 0. The smallest absolute Gasteiger partial charge is 0.337 e. The minimum atomic E-state index is 0. The van der Waals surface area contributed by atoms with Gasteiger partial charge in [-0.15, -0.1) is 0 Å². The molecule has 0 aromatic carbocycles. The average molecular weight is 291 g/mol. The first-order chi connectivity index (χ1) is 2.83. The van der Waals surface area contributed by atoms with E-state index in [1.807, 2.05) is 0 Å². The zero-order chi connectivity index (χ0) is 5.41. The molecule has 0 spiro atoms. The van der Waals surface area contributed by atoms with Gasteiger partial charge < -0.3 is 11.5 Å². The van der Waals surface area contributed by atoms with Crippen LogP contribution in [0.2, 0.25) is 0 Å². The quantitative estimate of drug-likeness (QED) is 0.321. The summed E-state index contributed by atoms with van der Waals surface area (Å²) in [7, 11) is 0. The summed E-state index contributed by atoms with van der Waals surface area (Å²) < 4.78 is 0. The standard InChI is InChI=1S/2CH2N2.Pb/c2*2-1-3;/h2*2H2;/q;;+2. The Hall–Kier alpha value is -0.498. The monoisotopic (exact) mass is 292 g/mol. The fourth-order valence-corrected chi connectivity index (χ4v) is 0. The number of nitriles is 2. The van der Waals surface area contributed by atoms with Gasteiger partial charge in [0.05, 0.1) is 0 Å². The van der Waals surface area contributed by atoms with E-state index in [9.17, 15) is 0 Å². The zero-order valence-corrected chi connectivity index (χ0v) is 7.44. The molecule has 0 fully saturated rings. The van der Waals surface area contributed by atoms with Gasteiger partial charge in [-0.1, -0.05) is 0 Å². The van der Waals surface area contributed by atoms with E-state index in [0.717, 1.165) is 0 Å². The van der Waals surface area contributed by atoms with Gasteiger partial charge in [0.15, 0.2) is 12.4 Å². The van der Waals surface area contributed by atoms with E-state index in [2.05, 4.69) is 11.5 Å². The molecule has 0 aliphatic heterocycles. The van der Waals surface area contributed by atoms with Crippen LogP contribution < -0.4 is 11.5 Å². The minimum absolute atomic E-state index is 0. The molecule has 0 saturated carbocycles. The maximum absolute atomic E-state index is 7.10. The van der Waals surface area contributed by atoms with Crippen LogP contribution in [0.3, 0.4) is 0 Å². The molecule has 2 radical (unpaired) electrons. The van der Waals surface area contributed by atoms with Crippen molar-refractivity contribution in [3.05, 3.63) is 0 Å². The van der Waals surface area contributed by atoms with Crippen LogP contribution in [0.5, 0.6) is 0 Å². The van der Waals surface area contributed by atoms with E-state index >= 15 is 0 Å². The molecule has 0 rings (SSSR count). The SMILES string of the molecule is N#CN.N#CN.[Pb+2]. The second-order valence-corrected chi connectivity index (χ2v) is 0.258. The number of hydrogen-bond donors (Lipinski definition) is 2. The second kappa shape index (κ2) is 49.4. The van der Waals surface area contributed by atoms with Gasteiger partial charge in [-0.25, -0.2) is 0 Å². The average Bonchev–Trinajstić information content (AvgIpc) is 1.39. The summed E-state index contributed by atoms with van der Waals surface area (Å²) in [6, 6.07) is 0. The number of nitrogens with two attached hydrogens (primary N) is 2. The van der Waals surface area contributed by atoms with Crippen molar-refractivity contribution in [1.82, 2.24) is 0 Å². The summed E-state index contributed by atoms with van der Waals surface area (Å²) in [6.45, 7) is 0. The van der Waals surface area contributed by atoms with Gasteiger partial charge in [-0.2, -0.15) is 10.5 Å². The van der Waals surface area contributed by atoms with E-state index in [-0.39, 0.29) is 27.3 Å². The van der Waals surface area contributed by atoms with Crippen molar-refractivity contribution in [2.75, 3.05) is 0 Å². The molecule has 7 heavy (non-hydrogen) atoms. The van der Waals surface area contributed by atoms with Crippen LogP contribution in [-0.2, 0) is 0 Å². The van der Waals surface area contributed by atoms with Crippen LogP contribution in [0.4, 0.5) is 0 Å². The largest absolute Gasteiger partial charge is 2.00 e. The van der Waals surface area contributed by atoms with Crippen LogP contribution in [0.25, 0.3) is 0 Å². The molecule has 0 unspecified atom stereocenters. The maximum atomic E-state index is 7.10. The van der Waals surface area contributed by atoms with E-state index in [1.54, 1.807) is 0 Å². The van der Waals surface area contributed by atoms with Crippen LogP contribution in [0.1, 0.15) is 0 Å². The molecule has 0 bridgehead atoms. The Kier molecular flexibility index (Phi) is 113. The van der Waals surface area contributed by atoms with Crippen molar-refractivity contribution in [3.63, 3.8) is 0 Å². The Bertz CT molecular complexity index is 64.7. The molecule has 4 N–H and O–H groups in total. The van der Waals surface area contributed by atoms with Crippen LogP contribution in [-0.4, -0.2) is 27.3 Å². The Labute approximate surface area is 61.9 Å². The maximum Gasteiger partial charge on any atom is 2.00 e. The van der Waals surface area contributed by atoms with E-state index in [4.69, 9.17) is 10.5 Å². The first-order valence-electron chi connectivity index (χ1n) is 1.02. The predicted octanol–water partition coefficient (Wildman–Crippen LogP) is -1.53. The van der Waals surface area contributed by atoms with Crippen LogP contribution in [0, 0.1) is 22.9 Å². The van der Waals surface area contributed by atoms with E-state index < -0.39 is 0 Å². The van der Waals surface area contributed by atoms with Crippen molar-refractivity contribution in [1.29, 1.82) is 10.5 Å². The van der Waals surface area contributed by atoms with Gasteiger partial charge in [0.25, 0.3) is 0 Å². The molecular formula is C2H4N4Pb+2. The molecular weight excluding hydrogens is 287 g/mol. The van der Waals surface area contributed by atoms with Crippen molar-refractivity contribution in [2.24, 2.45) is 11.5 Å². The fraction of sp³-hybridized carbons (Fsp3) is 0. The topological polar surface area (TPSA) is 99.6 Å². The molecule has 0 aromatic heterocycles. The molecule has 4 nitrogen and oxygen atoms in total. The van der Waals surface area contributed by atoms with Crippen molar-refractivity contribution in [3.8, 4) is 12.4 Å². The molecule has 5 heteroatoms. The molecule has 0 amide bonds. The first kappa shape index (κ1) is 16.0. The number of rotatable bonds is 0. The van der Waals surface area contributed by atoms with Gasteiger partial charge in [-0.3, -0.25) is 0 Å². The van der Waals surface area contributed by atoms with Gasteiger partial charge in [0.2, 0.25) is 0 Å². The Balaban J connectivity index is -0.0000000400. The molecule has 0 aliphatic rings. The summed E-state index contributed by atoms with van der Waals surface area (Å²) >= 11 is 0. The van der Waals surface area contributed by atoms with Crippen LogP contribution >= 0.6 is 0 Å². The molecule has 0 aromatic rings. The summed E-state index contributed by atoms with van der Waals surface area (Å²) in [4.78, 5) is 0. The molecule has 0 atom stereocenters. The molecule has 0 saturated heterocycles. The van der Waals surface area contributed by atoms with Gasteiger partial charge in [0, 0.05) is 0 Å². The number of hydrogen-bond acceptors (Lipinski definition) is 4.